The average molecular weight is 691 g/mol. The third-order valence-corrected chi connectivity index (χ3v) is 9.14. The number of hydrazine groups is 1. The maximum atomic E-state index is 14.2. The van der Waals surface area contributed by atoms with Gasteiger partial charge in [0.05, 0.1) is 41.6 Å². The van der Waals surface area contributed by atoms with Gasteiger partial charge in [0.1, 0.15) is 6.61 Å². The Bertz CT molecular complexity index is 1610. The van der Waals surface area contributed by atoms with Crippen LogP contribution in [-0.2, 0) is 34.0 Å². The fraction of sp³-hybridized carbons (Fsp3) is 0.371. The molecule has 0 unspecified atom stereocenters. The fourth-order valence-corrected chi connectivity index (χ4v) is 6.47. The summed E-state index contributed by atoms with van der Waals surface area (Å²) >= 11 is 0. The average Bonchev–Trinajstić information content (AvgIpc) is 3.53. The zero-order valence-corrected chi connectivity index (χ0v) is 26.6. The summed E-state index contributed by atoms with van der Waals surface area (Å²) < 4.78 is 94.0. The summed E-state index contributed by atoms with van der Waals surface area (Å²) in [6, 6.07) is 18.7. The van der Waals surface area contributed by atoms with Crippen molar-refractivity contribution in [3.05, 3.63) is 119 Å². The van der Waals surface area contributed by atoms with Gasteiger partial charge in [0, 0.05) is 6.54 Å². The maximum absolute atomic E-state index is 14.2. The number of carbonyl (C=O) groups is 2. The lowest BCUT2D eigenvalue weighted by atomic mass is 9.73. The number of urea groups is 1. The Labute approximate surface area is 279 Å². The number of halogens is 6. The van der Waals surface area contributed by atoms with Crippen molar-refractivity contribution in [1.29, 1.82) is 0 Å². The van der Waals surface area contributed by atoms with Crippen LogP contribution in [-0.4, -0.2) is 47.3 Å². The Kier molecular flexibility index (Phi) is 10.3. The molecule has 8 nitrogen and oxygen atoms in total. The third-order valence-electron chi connectivity index (χ3n) is 9.14. The normalized spacial score (nSPS) is 22.1. The Balaban J connectivity index is 1.55. The molecule has 0 aliphatic carbocycles. The van der Waals surface area contributed by atoms with Crippen molar-refractivity contribution in [3.63, 3.8) is 0 Å². The molecule has 3 aromatic rings. The summed E-state index contributed by atoms with van der Waals surface area (Å²) in [5.41, 5.74) is 1.21. The quantitative estimate of drug-likeness (QED) is 0.167. The molecule has 2 aliphatic rings. The molecule has 2 N–H and O–H groups in total. The molecule has 3 atom stereocenters. The molecule has 262 valence electrons. The highest BCUT2D eigenvalue weighted by molar-refractivity contribution is 5.77. The molecule has 3 amide bonds. The predicted molar refractivity (Wildman–Crippen MR) is 167 cm³/mol. The van der Waals surface area contributed by atoms with Crippen LogP contribution in [0.3, 0.4) is 0 Å². The highest BCUT2D eigenvalue weighted by Crippen LogP contribution is 2.46. The van der Waals surface area contributed by atoms with Crippen LogP contribution in [0.15, 0.2) is 91.5 Å². The number of alkyl halides is 6. The van der Waals surface area contributed by atoms with Gasteiger partial charge in [-0.1, -0.05) is 66.7 Å². The van der Waals surface area contributed by atoms with E-state index in [1.165, 1.54) is 11.8 Å². The van der Waals surface area contributed by atoms with Gasteiger partial charge in [-0.15, -0.1) is 6.58 Å². The van der Waals surface area contributed by atoms with Crippen LogP contribution in [0.2, 0.25) is 0 Å². The smallest absolute Gasteiger partial charge is 0.416 e. The van der Waals surface area contributed by atoms with Crippen molar-refractivity contribution in [3.8, 4) is 0 Å². The van der Waals surface area contributed by atoms with Gasteiger partial charge in [0.25, 0.3) is 0 Å². The van der Waals surface area contributed by atoms with Crippen molar-refractivity contribution in [2.75, 3.05) is 19.8 Å². The van der Waals surface area contributed by atoms with E-state index in [1.807, 2.05) is 6.07 Å². The van der Waals surface area contributed by atoms with Gasteiger partial charge in [-0.2, -0.15) is 26.3 Å². The van der Waals surface area contributed by atoms with Crippen LogP contribution in [0, 0.1) is 0 Å². The topological polar surface area (TPSA) is 83.1 Å². The highest BCUT2D eigenvalue weighted by Gasteiger charge is 2.55. The van der Waals surface area contributed by atoms with E-state index in [0.29, 0.717) is 36.1 Å². The monoisotopic (exact) mass is 690 g/mol. The molecule has 2 aliphatic heterocycles. The number of nitrogens with one attached hydrogen (secondary N) is 2. The van der Waals surface area contributed by atoms with Gasteiger partial charge in [0.15, 0.2) is 0 Å². The molecule has 0 bridgehead atoms. The van der Waals surface area contributed by atoms with Gasteiger partial charge < -0.3 is 14.4 Å². The first-order chi connectivity index (χ1) is 23.2. The van der Waals surface area contributed by atoms with Gasteiger partial charge >= 0.3 is 24.5 Å². The van der Waals surface area contributed by atoms with Crippen LogP contribution < -0.4 is 10.9 Å². The van der Waals surface area contributed by atoms with Crippen LogP contribution in [0.5, 0.6) is 0 Å². The summed E-state index contributed by atoms with van der Waals surface area (Å²) in [6.07, 6.45) is -9.58. The SMILES string of the molecule is C=CC[C@]1(N2CNNC2=O)CC[C@@](CO[C@H](C)c2cc(C(F)(F)F)cc(C(F)(F)F)c2)(c2ccccc2)N(C(=O)OCc2ccccc2)C1. The van der Waals surface area contributed by atoms with E-state index in [0.717, 1.165) is 0 Å². The number of ether oxygens (including phenoxy) is 2. The van der Waals surface area contributed by atoms with E-state index in [2.05, 4.69) is 17.4 Å². The van der Waals surface area contributed by atoms with Crippen molar-refractivity contribution in [2.45, 2.75) is 62.3 Å². The Morgan fingerprint density at radius 2 is 1.57 bits per heavy atom. The van der Waals surface area contributed by atoms with E-state index in [4.69, 9.17) is 9.47 Å². The molecule has 2 heterocycles. The molecule has 0 aromatic heterocycles. The summed E-state index contributed by atoms with van der Waals surface area (Å²) in [4.78, 5) is 30.2. The molecule has 0 radical (unpaired) electrons. The van der Waals surface area contributed by atoms with E-state index in [9.17, 15) is 35.9 Å². The van der Waals surface area contributed by atoms with Gasteiger partial charge in [-0.25, -0.2) is 15.0 Å². The van der Waals surface area contributed by atoms with Crippen molar-refractivity contribution in [2.24, 2.45) is 0 Å². The molecular weight excluding hydrogens is 654 g/mol. The zero-order chi connectivity index (χ0) is 35.5. The largest absolute Gasteiger partial charge is 0.445 e. The molecule has 2 fully saturated rings. The van der Waals surface area contributed by atoms with E-state index in [1.54, 1.807) is 65.6 Å². The molecular formula is C35H36F6N4O4. The Morgan fingerprint density at radius 3 is 2.12 bits per heavy atom. The summed E-state index contributed by atoms with van der Waals surface area (Å²) in [6.45, 7) is 4.94. The first kappa shape index (κ1) is 35.7. The van der Waals surface area contributed by atoms with Crippen molar-refractivity contribution >= 4 is 12.1 Å². The highest BCUT2D eigenvalue weighted by atomic mass is 19.4. The fourth-order valence-electron chi connectivity index (χ4n) is 6.47. The van der Waals surface area contributed by atoms with E-state index in [-0.39, 0.29) is 44.5 Å². The number of carbonyl (C=O) groups excluding carboxylic acids is 2. The third kappa shape index (κ3) is 7.70. The molecule has 0 spiro atoms. The first-order valence-electron chi connectivity index (χ1n) is 15.5. The Morgan fingerprint density at radius 1 is 0.959 bits per heavy atom. The number of amides is 3. The minimum atomic E-state index is -5.03. The second kappa shape index (κ2) is 14.1. The summed E-state index contributed by atoms with van der Waals surface area (Å²) in [7, 11) is 0. The lowest BCUT2D eigenvalue weighted by molar-refractivity contribution is -0.143. The van der Waals surface area contributed by atoms with E-state index < -0.39 is 52.8 Å². The van der Waals surface area contributed by atoms with Crippen molar-refractivity contribution in [1.82, 2.24) is 20.7 Å². The minimum Gasteiger partial charge on any atom is -0.445 e. The molecule has 3 aromatic carbocycles. The number of piperidine rings is 1. The number of hydrogen-bond donors (Lipinski definition) is 2. The first-order valence-corrected chi connectivity index (χ1v) is 15.5. The van der Waals surface area contributed by atoms with E-state index >= 15 is 0 Å². The van der Waals surface area contributed by atoms with Crippen LogP contribution in [0.4, 0.5) is 35.9 Å². The van der Waals surface area contributed by atoms with Crippen LogP contribution >= 0.6 is 0 Å². The maximum Gasteiger partial charge on any atom is 0.416 e. The van der Waals surface area contributed by atoms with Gasteiger partial charge in [0.2, 0.25) is 0 Å². The molecule has 49 heavy (non-hydrogen) atoms. The molecule has 0 saturated carbocycles. The second-order valence-corrected chi connectivity index (χ2v) is 12.2. The van der Waals surface area contributed by atoms with Crippen LogP contribution in [0.25, 0.3) is 0 Å². The van der Waals surface area contributed by atoms with Crippen LogP contribution in [0.1, 0.15) is 60.1 Å². The van der Waals surface area contributed by atoms with Crippen molar-refractivity contribution < 1.29 is 45.4 Å². The number of rotatable bonds is 10. The lowest BCUT2D eigenvalue weighted by Crippen LogP contribution is -2.67. The summed E-state index contributed by atoms with van der Waals surface area (Å²) in [5.74, 6) is 0. The predicted octanol–water partition coefficient (Wildman–Crippen LogP) is 7.93. The number of hydrogen-bond acceptors (Lipinski definition) is 5. The number of benzene rings is 3. The standard InChI is InChI=1S/C35H36F6N4O4/c1-3-14-32(45-23-42-43-30(45)46)15-16-33(27-12-8-5-9-13-27,44(21-32)31(47)48-20-25-10-6-4-7-11-25)22-49-24(2)26-17-28(34(36,37)38)19-29(18-26)35(39,40)41/h3-13,17-19,24,42H,1,14-16,20-23H2,2H3,(H,43,46)/t24-,32+,33-/m1/s1. The second-order valence-electron chi connectivity index (χ2n) is 12.2. The van der Waals surface area contributed by atoms with Gasteiger partial charge in [-0.05, 0) is 61.1 Å². The summed E-state index contributed by atoms with van der Waals surface area (Å²) in [5, 5.41) is 0. The zero-order valence-electron chi connectivity index (χ0n) is 26.6. The molecule has 14 heteroatoms. The lowest BCUT2D eigenvalue weighted by Gasteiger charge is -2.55. The Hall–Kier alpha value is -4.56. The molecule has 2 saturated heterocycles. The number of nitrogens with zero attached hydrogens (tertiary/aromatic N) is 2. The number of likely N-dealkylation sites (tertiary alicyclic amines) is 1. The van der Waals surface area contributed by atoms with Gasteiger partial charge in [-0.3, -0.25) is 10.3 Å². The minimum absolute atomic E-state index is 0.0455. The molecule has 5 rings (SSSR count).